The van der Waals surface area contributed by atoms with Crippen molar-refractivity contribution in [3.63, 3.8) is 0 Å². The molecule has 1 heterocycles. The van der Waals surface area contributed by atoms with Crippen molar-refractivity contribution in [1.82, 2.24) is 4.98 Å². The van der Waals surface area contributed by atoms with E-state index >= 15 is 0 Å². The van der Waals surface area contributed by atoms with Gasteiger partial charge < -0.3 is 4.98 Å². The summed E-state index contributed by atoms with van der Waals surface area (Å²) in [5.41, 5.74) is 1.98. The first-order valence-electron chi connectivity index (χ1n) is 3.71. The fourth-order valence-corrected chi connectivity index (χ4v) is 1.48. The molecule has 1 N–H and O–H groups in total. The van der Waals surface area contributed by atoms with Crippen LogP contribution in [0.3, 0.4) is 0 Å². The lowest BCUT2D eigenvalue weighted by Crippen LogP contribution is -1.69. The summed E-state index contributed by atoms with van der Waals surface area (Å²) in [6.45, 7) is 3.68. The highest BCUT2D eigenvalue weighted by Gasteiger charge is 2.00. The zero-order valence-electron chi connectivity index (χ0n) is 6.47. The Morgan fingerprint density at radius 2 is 2.25 bits per heavy atom. The van der Waals surface area contributed by atoms with Crippen LogP contribution in [0.5, 0.6) is 0 Å². The van der Waals surface area contributed by atoms with Gasteiger partial charge in [-0.15, -0.1) is 0 Å². The van der Waals surface area contributed by atoms with Crippen molar-refractivity contribution in [2.24, 2.45) is 0 Å². The van der Waals surface area contributed by atoms with Crippen LogP contribution in [0.15, 0.2) is 30.8 Å². The first-order chi connectivity index (χ1) is 5.81. The van der Waals surface area contributed by atoms with Gasteiger partial charge in [-0.1, -0.05) is 30.3 Å². The van der Waals surface area contributed by atoms with E-state index in [1.807, 2.05) is 24.3 Å². The molecule has 0 unspecified atom stereocenters. The van der Waals surface area contributed by atoms with Crippen molar-refractivity contribution in [2.75, 3.05) is 0 Å². The van der Waals surface area contributed by atoms with Gasteiger partial charge in [0.15, 0.2) is 0 Å². The maximum absolute atomic E-state index is 5.96. The number of hydrogen-bond donors (Lipinski definition) is 1. The molecule has 0 aliphatic heterocycles. The highest BCUT2D eigenvalue weighted by atomic mass is 35.5. The van der Waals surface area contributed by atoms with Gasteiger partial charge in [0, 0.05) is 11.1 Å². The van der Waals surface area contributed by atoms with Crippen LogP contribution in [0, 0.1) is 0 Å². The molecule has 2 rings (SSSR count). The van der Waals surface area contributed by atoms with Crippen LogP contribution < -0.4 is 0 Å². The molecule has 0 amide bonds. The Hall–Kier alpha value is -1.21. The van der Waals surface area contributed by atoms with E-state index in [0.29, 0.717) is 0 Å². The zero-order valence-corrected chi connectivity index (χ0v) is 7.23. The molecule has 0 aliphatic rings. The molecule has 2 heteroatoms. The van der Waals surface area contributed by atoms with Crippen LogP contribution in [-0.4, -0.2) is 4.98 Å². The standard InChI is InChI=1S/C10H8ClN/c1-2-8-6-7-4-3-5-9(11)10(7)12-8/h2-6,12H,1H2. The molecule has 0 saturated heterocycles. The van der Waals surface area contributed by atoms with E-state index in [-0.39, 0.29) is 0 Å². The molecule has 0 bridgehead atoms. The Balaban J connectivity index is 2.82. The maximum Gasteiger partial charge on any atom is 0.0647 e. The van der Waals surface area contributed by atoms with Crippen molar-refractivity contribution >= 4 is 28.6 Å². The molecule has 0 saturated carbocycles. The Morgan fingerprint density at radius 3 is 2.92 bits per heavy atom. The molecule has 2 aromatic rings. The van der Waals surface area contributed by atoms with Gasteiger partial charge in [0.25, 0.3) is 0 Å². The normalized spacial score (nSPS) is 10.4. The third-order valence-electron chi connectivity index (χ3n) is 1.85. The SMILES string of the molecule is C=Cc1cc2cccc(Cl)c2[nH]1. The monoisotopic (exact) mass is 177 g/mol. The van der Waals surface area contributed by atoms with Gasteiger partial charge in [-0.05, 0) is 18.2 Å². The molecule has 12 heavy (non-hydrogen) atoms. The average Bonchev–Trinajstić information content (AvgIpc) is 2.49. The third-order valence-corrected chi connectivity index (χ3v) is 2.16. The summed E-state index contributed by atoms with van der Waals surface area (Å²) >= 11 is 5.96. The first kappa shape index (κ1) is 7.44. The zero-order chi connectivity index (χ0) is 8.55. The second kappa shape index (κ2) is 2.68. The molecular formula is C10H8ClN. The second-order valence-corrected chi connectivity index (χ2v) is 3.04. The van der Waals surface area contributed by atoms with Crippen molar-refractivity contribution in [3.05, 3.63) is 41.6 Å². The Kier molecular flexibility index (Phi) is 1.66. The highest BCUT2D eigenvalue weighted by molar-refractivity contribution is 6.35. The number of halogens is 1. The molecule has 0 fully saturated rings. The average molecular weight is 178 g/mol. The number of aromatic amines is 1. The van der Waals surface area contributed by atoms with Crippen molar-refractivity contribution in [1.29, 1.82) is 0 Å². The fourth-order valence-electron chi connectivity index (χ4n) is 1.25. The molecule has 1 aromatic heterocycles. The lowest BCUT2D eigenvalue weighted by atomic mass is 10.2. The van der Waals surface area contributed by atoms with Crippen molar-refractivity contribution in [2.45, 2.75) is 0 Å². The van der Waals surface area contributed by atoms with E-state index < -0.39 is 0 Å². The van der Waals surface area contributed by atoms with E-state index in [4.69, 9.17) is 11.6 Å². The molecule has 60 valence electrons. The Morgan fingerprint density at radius 1 is 1.42 bits per heavy atom. The predicted octanol–water partition coefficient (Wildman–Crippen LogP) is 3.46. The fraction of sp³-hybridized carbons (Fsp3) is 0. The van der Waals surface area contributed by atoms with E-state index in [9.17, 15) is 0 Å². The van der Waals surface area contributed by atoms with Crippen LogP contribution in [0.25, 0.3) is 17.0 Å². The van der Waals surface area contributed by atoms with E-state index in [1.54, 1.807) is 6.08 Å². The smallest absolute Gasteiger partial charge is 0.0647 e. The largest absolute Gasteiger partial charge is 0.354 e. The van der Waals surface area contributed by atoms with E-state index in [2.05, 4.69) is 11.6 Å². The van der Waals surface area contributed by atoms with E-state index in [1.165, 1.54) is 0 Å². The summed E-state index contributed by atoms with van der Waals surface area (Å²) < 4.78 is 0. The van der Waals surface area contributed by atoms with Gasteiger partial charge in [0.2, 0.25) is 0 Å². The van der Waals surface area contributed by atoms with Crippen LogP contribution >= 0.6 is 11.6 Å². The van der Waals surface area contributed by atoms with Gasteiger partial charge in [-0.3, -0.25) is 0 Å². The number of fused-ring (bicyclic) bond motifs is 1. The number of aromatic nitrogens is 1. The minimum Gasteiger partial charge on any atom is -0.354 e. The summed E-state index contributed by atoms with van der Waals surface area (Å²) in [5.74, 6) is 0. The molecule has 1 nitrogen and oxygen atoms in total. The highest BCUT2D eigenvalue weighted by Crippen LogP contribution is 2.23. The van der Waals surface area contributed by atoms with E-state index in [0.717, 1.165) is 21.6 Å². The lowest BCUT2D eigenvalue weighted by Gasteiger charge is -1.90. The molecular weight excluding hydrogens is 170 g/mol. The minimum absolute atomic E-state index is 0.751. The number of nitrogens with one attached hydrogen (secondary N) is 1. The summed E-state index contributed by atoms with van der Waals surface area (Å²) in [6.07, 6.45) is 1.77. The van der Waals surface area contributed by atoms with Gasteiger partial charge in [-0.2, -0.15) is 0 Å². The quantitative estimate of drug-likeness (QED) is 0.687. The van der Waals surface area contributed by atoms with Gasteiger partial charge in [-0.25, -0.2) is 0 Å². The molecule has 0 aliphatic carbocycles. The topological polar surface area (TPSA) is 15.8 Å². The Labute approximate surface area is 75.7 Å². The number of rotatable bonds is 1. The number of hydrogen-bond acceptors (Lipinski definition) is 0. The van der Waals surface area contributed by atoms with Crippen LogP contribution in [0.1, 0.15) is 5.69 Å². The minimum atomic E-state index is 0.751. The number of para-hydroxylation sites is 1. The summed E-state index contributed by atoms with van der Waals surface area (Å²) in [5, 5.41) is 1.87. The molecule has 0 radical (unpaired) electrons. The lowest BCUT2D eigenvalue weighted by molar-refractivity contribution is 1.43. The first-order valence-corrected chi connectivity index (χ1v) is 4.09. The van der Waals surface area contributed by atoms with Crippen molar-refractivity contribution < 1.29 is 0 Å². The van der Waals surface area contributed by atoms with Gasteiger partial charge in [0.05, 0.1) is 10.5 Å². The third kappa shape index (κ3) is 1.03. The maximum atomic E-state index is 5.96. The number of benzene rings is 1. The predicted molar refractivity (Wildman–Crippen MR) is 53.4 cm³/mol. The van der Waals surface area contributed by atoms with Gasteiger partial charge in [0.1, 0.15) is 0 Å². The molecule has 0 spiro atoms. The second-order valence-electron chi connectivity index (χ2n) is 2.63. The van der Waals surface area contributed by atoms with Crippen LogP contribution in [-0.2, 0) is 0 Å². The summed E-state index contributed by atoms with van der Waals surface area (Å²) in [6, 6.07) is 7.84. The molecule has 1 aromatic carbocycles. The summed E-state index contributed by atoms with van der Waals surface area (Å²) in [4.78, 5) is 3.16. The van der Waals surface area contributed by atoms with Crippen LogP contribution in [0.2, 0.25) is 5.02 Å². The van der Waals surface area contributed by atoms with Gasteiger partial charge >= 0.3 is 0 Å². The Bertz CT molecular complexity index is 428. The van der Waals surface area contributed by atoms with Crippen LogP contribution in [0.4, 0.5) is 0 Å². The van der Waals surface area contributed by atoms with Crippen molar-refractivity contribution in [3.8, 4) is 0 Å². The molecule has 0 atom stereocenters. The number of H-pyrrole nitrogens is 1. The summed E-state index contributed by atoms with van der Waals surface area (Å²) in [7, 11) is 0.